The Morgan fingerprint density at radius 2 is 2.22 bits per heavy atom. The van der Waals surface area contributed by atoms with Gasteiger partial charge in [-0.15, -0.1) is 0 Å². The zero-order chi connectivity index (χ0) is 13.5. The molecule has 0 spiro atoms. The van der Waals surface area contributed by atoms with Crippen molar-refractivity contribution in [3.8, 4) is 0 Å². The Labute approximate surface area is 107 Å². The van der Waals surface area contributed by atoms with E-state index in [2.05, 4.69) is 5.32 Å². The maximum atomic E-state index is 11.7. The van der Waals surface area contributed by atoms with E-state index in [-0.39, 0.29) is 11.5 Å². The third kappa shape index (κ3) is 4.33. The molecule has 3 N–H and O–H groups in total. The number of pyridine rings is 1. The van der Waals surface area contributed by atoms with Crippen molar-refractivity contribution in [2.45, 2.75) is 33.2 Å². The van der Waals surface area contributed by atoms with Crippen molar-refractivity contribution in [2.24, 2.45) is 11.7 Å². The normalized spacial score (nSPS) is 12.2. The van der Waals surface area contributed by atoms with Gasteiger partial charge < -0.3 is 15.6 Å². The van der Waals surface area contributed by atoms with Gasteiger partial charge in [-0.2, -0.15) is 0 Å². The Morgan fingerprint density at radius 3 is 2.83 bits per heavy atom. The summed E-state index contributed by atoms with van der Waals surface area (Å²) in [6, 6.07) is 3.08. The van der Waals surface area contributed by atoms with Gasteiger partial charge in [0.2, 0.25) is 5.91 Å². The minimum Gasteiger partial charge on any atom is -0.330 e. The van der Waals surface area contributed by atoms with Crippen LogP contribution in [-0.4, -0.2) is 17.0 Å². The Hall–Kier alpha value is -1.62. The first-order valence-electron chi connectivity index (χ1n) is 6.27. The minimum atomic E-state index is -0.0627. The average Bonchev–Trinajstić information content (AvgIpc) is 2.38. The standard InChI is InChI=1S/C13H21N3O2/c1-3-16-9-11(5-7-13(16)18)15-12(17)6-4-10(2)8-14/h5,7,9-10H,3-4,6,8,14H2,1-2H3,(H,15,17). The molecule has 1 amide bonds. The van der Waals surface area contributed by atoms with Gasteiger partial charge in [-0.05, 0) is 31.9 Å². The maximum absolute atomic E-state index is 11.7. The summed E-state index contributed by atoms with van der Waals surface area (Å²) in [4.78, 5) is 23.1. The van der Waals surface area contributed by atoms with Crippen LogP contribution in [0.5, 0.6) is 0 Å². The molecular weight excluding hydrogens is 230 g/mol. The van der Waals surface area contributed by atoms with Crippen LogP contribution in [0.4, 0.5) is 5.69 Å². The molecule has 1 aromatic rings. The number of aromatic nitrogens is 1. The van der Waals surface area contributed by atoms with Crippen LogP contribution in [0.2, 0.25) is 0 Å². The lowest BCUT2D eigenvalue weighted by atomic mass is 10.1. The molecule has 5 nitrogen and oxygen atoms in total. The van der Waals surface area contributed by atoms with Crippen LogP contribution in [0.15, 0.2) is 23.1 Å². The number of carbonyl (C=O) groups is 1. The summed E-state index contributed by atoms with van der Waals surface area (Å²) in [5, 5.41) is 2.78. The lowest BCUT2D eigenvalue weighted by Gasteiger charge is -2.10. The summed E-state index contributed by atoms with van der Waals surface area (Å²) < 4.78 is 1.55. The van der Waals surface area contributed by atoms with Crippen LogP contribution in [0.1, 0.15) is 26.7 Å². The highest BCUT2D eigenvalue weighted by Gasteiger charge is 2.06. The molecule has 0 aliphatic rings. The number of hydrogen-bond donors (Lipinski definition) is 2. The van der Waals surface area contributed by atoms with Gasteiger partial charge in [0.05, 0.1) is 5.69 Å². The van der Waals surface area contributed by atoms with Gasteiger partial charge in [-0.25, -0.2) is 0 Å². The highest BCUT2D eigenvalue weighted by molar-refractivity contribution is 5.90. The summed E-state index contributed by atoms with van der Waals surface area (Å²) in [5.74, 6) is 0.303. The number of hydrogen-bond acceptors (Lipinski definition) is 3. The molecule has 0 radical (unpaired) electrons. The van der Waals surface area contributed by atoms with E-state index in [0.717, 1.165) is 6.42 Å². The van der Waals surface area contributed by atoms with E-state index < -0.39 is 0 Å². The molecule has 0 saturated heterocycles. The number of aryl methyl sites for hydroxylation is 1. The van der Waals surface area contributed by atoms with Crippen LogP contribution in [0.3, 0.4) is 0 Å². The van der Waals surface area contributed by atoms with Crippen molar-refractivity contribution in [1.82, 2.24) is 4.57 Å². The summed E-state index contributed by atoms with van der Waals surface area (Å²) in [5.41, 5.74) is 6.09. The highest BCUT2D eigenvalue weighted by Crippen LogP contribution is 2.07. The first-order chi connectivity index (χ1) is 8.56. The molecule has 0 aromatic carbocycles. The fourth-order valence-corrected chi connectivity index (χ4v) is 1.57. The Bertz CT molecular complexity index is 454. The largest absolute Gasteiger partial charge is 0.330 e. The lowest BCUT2D eigenvalue weighted by Crippen LogP contribution is -2.20. The number of nitrogens with one attached hydrogen (secondary N) is 1. The van der Waals surface area contributed by atoms with Gasteiger partial charge in [-0.1, -0.05) is 6.92 Å². The molecule has 5 heteroatoms. The number of anilines is 1. The van der Waals surface area contributed by atoms with Gasteiger partial charge >= 0.3 is 0 Å². The van der Waals surface area contributed by atoms with E-state index in [4.69, 9.17) is 5.73 Å². The number of carbonyl (C=O) groups excluding carboxylic acids is 1. The topological polar surface area (TPSA) is 77.1 Å². The molecule has 1 atom stereocenters. The van der Waals surface area contributed by atoms with Gasteiger partial charge in [0.25, 0.3) is 5.56 Å². The average molecular weight is 251 g/mol. The molecule has 0 saturated carbocycles. The second-order valence-electron chi connectivity index (χ2n) is 4.47. The van der Waals surface area contributed by atoms with Crippen molar-refractivity contribution in [1.29, 1.82) is 0 Å². The van der Waals surface area contributed by atoms with Gasteiger partial charge in [0.1, 0.15) is 0 Å². The van der Waals surface area contributed by atoms with Crippen LogP contribution in [0.25, 0.3) is 0 Å². The van der Waals surface area contributed by atoms with E-state index in [1.807, 2.05) is 13.8 Å². The van der Waals surface area contributed by atoms with Crippen LogP contribution >= 0.6 is 0 Å². The highest BCUT2D eigenvalue weighted by atomic mass is 16.1. The van der Waals surface area contributed by atoms with E-state index in [1.165, 1.54) is 6.07 Å². The van der Waals surface area contributed by atoms with Crippen LogP contribution < -0.4 is 16.6 Å². The predicted octanol–water partition coefficient (Wildman–Crippen LogP) is 1.18. The monoisotopic (exact) mass is 251 g/mol. The van der Waals surface area contributed by atoms with Gasteiger partial charge in [0.15, 0.2) is 0 Å². The van der Waals surface area contributed by atoms with Gasteiger partial charge in [0, 0.05) is 25.2 Å². The fraction of sp³-hybridized carbons (Fsp3) is 0.538. The minimum absolute atomic E-state index is 0.0448. The second-order valence-corrected chi connectivity index (χ2v) is 4.47. The summed E-state index contributed by atoms with van der Waals surface area (Å²) in [6.45, 7) is 5.08. The SMILES string of the molecule is CCn1cc(NC(=O)CCC(C)CN)ccc1=O. The van der Waals surface area contributed by atoms with E-state index >= 15 is 0 Å². The first kappa shape index (κ1) is 14.4. The molecule has 0 bridgehead atoms. The molecular formula is C13H21N3O2. The predicted molar refractivity (Wildman–Crippen MR) is 72.5 cm³/mol. The number of rotatable bonds is 6. The molecule has 1 unspecified atom stereocenters. The molecule has 1 heterocycles. The second kappa shape index (κ2) is 6.96. The van der Waals surface area contributed by atoms with Crippen molar-refractivity contribution in [3.63, 3.8) is 0 Å². The van der Waals surface area contributed by atoms with Crippen molar-refractivity contribution in [3.05, 3.63) is 28.7 Å². The van der Waals surface area contributed by atoms with Crippen molar-refractivity contribution >= 4 is 11.6 Å². The Kier molecular flexibility index (Phi) is 5.58. The zero-order valence-corrected chi connectivity index (χ0v) is 11.0. The van der Waals surface area contributed by atoms with E-state index in [0.29, 0.717) is 31.1 Å². The number of nitrogens with two attached hydrogens (primary N) is 1. The molecule has 0 aliphatic heterocycles. The fourth-order valence-electron chi connectivity index (χ4n) is 1.57. The van der Waals surface area contributed by atoms with Crippen LogP contribution in [-0.2, 0) is 11.3 Å². The molecule has 18 heavy (non-hydrogen) atoms. The van der Waals surface area contributed by atoms with E-state index in [1.54, 1.807) is 16.8 Å². The molecule has 100 valence electrons. The smallest absolute Gasteiger partial charge is 0.250 e. The van der Waals surface area contributed by atoms with Crippen molar-refractivity contribution < 1.29 is 4.79 Å². The third-order valence-electron chi connectivity index (χ3n) is 2.87. The summed E-state index contributed by atoms with van der Waals surface area (Å²) in [7, 11) is 0. The molecule has 1 aromatic heterocycles. The molecule has 0 fully saturated rings. The molecule has 0 aliphatic carbocycles. The maximum Gasteiger partial charge on any atom is 0.250 e. The first-order valence-corrected chi connectivity index (χ1v) is 6.27. The third-order valence-corrected chi connectivity index (χ3v) is 2.87. The van der Waals surface area contributed by atoms with E-state index in [9.17, 15) is 9.59 Å². The quantitative estimate of drug-likeness (QED) is 0.797. The van der Waals surface area contributed by atoms with Crippen LogP contribution in [0, 0.1) is 5.92 Å². The van der Waals surface area contributed by atoms with Crippen molar-refractivity contribution in [2.75, 3.05) is 11.9 Å². The molecule has 1 rings (SSSR count). The number of nitrogens with zero attached hydrogens (tertiary/aromatic N) is 1. The number of amides is 1. The Balaban J connectivity index is 2.57. The van der Waals surface area contributed by atoms with Gasteiger partial charge in [-0.3, -0.25) is 9.59 Å². The Morgan fingerprint density at radius 1 is 1.50 bits per heavy atom. The summed E-state index contributed by atoms with van der Waals surface area (Å²) >= 11 is 0. The lowest BCUT2D eigenvalue weighted by molar-refractivity contribution is -0.116. The zero-order valence-electron chi connectivity index (χ0n) is 11.0. The summed E-state index contributed by atoms with van der Waals surface area (Å²) in [6.07, 6.45) is 2.88.